The Kier molecular flexibility index (Phi) is 7.83. The van der Waals surface area contributed by atoms with Gasteiger partial charge < -0.3 is 19.9 Å². The number of carbonyl (C=O) groups excluding carboxylic acids is 1. The summed E-state index contributed by atoms with van der Waals surface area (Å²) in [6.07, 6.45) is -2.92. The van der Waals surface area contributed by atoms with Gasteiger partial charge in [0.05, 0.1) is 24.9 Å². The fourth-order valence-corrected chi connectivity index (χ4v) is 5.26. The van der Waals surface area contributed by atoms with Crippen molar-refractivity contribution in [1.82, 2.24) is 25.0 Å². The largest absolute Gasteiger partial charge is 0.497 e. The van der Waals surface area contributed by atoms with Crippen molar-refractivity contribution >= 4 is 11.8 Å². The Hall–Kier alpha value is -4.60. The molecule has 1 N–H and O–H groups in total. The van der Waals surface area contributed by atoms with Crippen LogP contribution in [0.15, 0.2) is 47.4 Å². The van der Waals surface area contributed by atoms with Gasteiger partial charge >= 0.3 is 12.2 Å². The van der Waals surface area contributed by atoms with Crippen LogP contribution in [0.4, 0.5) is 23.8 Å². The lowest BCUT2D eigenvalue weighted by Gasteiger charge is -2.35. The number of fused-ring (bicyclic) bond motifs is 1. The van der Waals surface area contributed by atoms with E-state index in [0.717, 1.165) is 10.5 Å². The number of nitrogens with zero attached hydrogens (tertiary/aromatic N) is 6. The van der Waals surface area contributed by atoms with Gasteiger partial charge in [0, 0.05) is 44.8 Å². The number of ether oxygens (including phenoxy) is 1. The Morgan fingerprint density at radius 2 is 1.88 bits per heavy atom. The molecule has 2 aliphatic rings. The molecule has 0 saturated carbocycles. The van der Waals surface area contributed by atoms with Crippen LogP contribution < -0.4 is 20.5 Å². The summed E-state index contributed by atoms with van der Waals surface area (Å²) in [5.41, 5.74) is -1.18. The predicted octanol–water partition coefficient (Wildman–Crippen LogP) is 3.15. The predicted molar refractivity (Wildman–Crippen MR) is 143 cm³/mol. The van der Waals surface area contributed by atoms with E-state index in [1.54, 1.807) is 41.3 Å². The maximum Gasteiger partial charge on any atom is 0.422 e. The van der Waals surface area contributed by atoms with Gasteiger partial charge in [-0.15, -0.1) is 0 Å². The second-order valence-electron chi connectivity index (χ2n) is 9.96. The summed E-state index contributed by atoms with van der Waals surface area (Å²) >= 11 is 0. The molecule has 1 aromatic carbocycles. The lowest BCUT2D eigenvalue weighted by atomic mass is 10.1. The standard InChI is InChI=1S/C28H28F3N7O3/c1-41-21-6-2-18(3-7-21)17-38-26(39)24(28(29,30)31)22-8-5-20(25(22)35-38)16-34-27(40)37-12-10-36(11-13-37)23-9-4-19(14-32)15-33-23/h2-4,6-7,9,15,20H,5,8,10-13,16-17H2,1H3,(H,34,40). The molecule has 1 atom stereocenters. The Labute approximate surface area is 234 Å². The highest BCUT2D eigenvalue weighted by molar-refractivity contribution is 5.74. The van der Waals surface area contributed by atoms with Crippen molar-refractivity contribution in [3.8, 4) is 11.8 Å². The van der Waals surface area contributed by atoms with Crippen LogP contribution in [0, 0.1) is 11.3 Å². The van der Waals surface area contributed by atoms with E-state index >= 15 is 0 Å². The van der Waals surface area contributed by atoms with Crippen LogP contribution in [-0.4, -0.2) is 65.5 Å². The normalized spacial score (nSPS) is 16.7. The molecule has 1 unspecified atom stereocenters. The Morgan fingerprint density at radius 1 is 1.15 bits per heavy atom. The van der Waals surface area contributed by atoms with E-state index in [9.17, 15) is 22.8 Å². The third kappa shape index (κ3) is 5.96. The van der Waals surface area contributed by atoms with Gasteiger partial charge in [-0.2, -0.15) is 23.5 Å². The number of alkyl halides is 3. The third-order valence-electron chi connectivity index (χ3n) is 7.46. The number of rotatable bonds is 6. The van der Waals surface area contributed by atoms with Gasteiger partial charge in [-0.1, -0.05) is 12.1 Å². The summed E-state index contributed by atoms with van der Waals surface area (Å²) in [6.45, 7) is 1.95. The molecular weight excluding hydrogens is 539 g/mol. The van der Waals surface area contributed by atoms with E-state index in [1.807, 2.05) is 11.0 Å². The van der Waals surface area contributed by atoms with Crippen LogP contribution in [0.3, 0.4) is 0 Å². The molecule has 2 amide bonds. The summed E-state index contributed by atoms with van der Waals surface area (Å²) in [6, 6.07) is 11.8. The Bertz CT molecular complexity index is 1510. The zero-order valence-corrected chi connectivity index (χ0v) is 22.3. The number of anilines is 1. The van der Waals surface area contributed by atoms with Crippen LogP contribution in [-0.2, 0) is 19.1 Å². The lowest BCUT2D eigenvalue weighted by molar-refractivity contribution is -0.139. The summed E-state index contributed by atoms with van der Waals surface area (Å²) in [7, 11) is 1.50. The number of urea groups is 1. The molecule has 3 aromatic rings. The molecule has 1 aliphatic carbocycles. The van der Waals surface area contributed by atoms with Gasteiger partial charge in [0.1, 0.15) is 23.2 Å². The number of nitriles is 1. The highest BCUT2D eigenvalue weighted by Gasteiger charge is 2.42. The van der Waals surface area contributed by atoms with Gasteiger partial charge in [0.15, 0.2) is 0 Å². The molecule has 0 bridgehead atoms. The minimum atomic E-state index is -4.83. The van der Waals surface area contributed by atoms with E-state index in [0.29, 0.717) is 49.5 Å². The molecule has 5 rings (SSSR count). The molecule has 41 heavy (non-hydrogen) atoms. The van der Waals surface area contributed by atoms with E-state index < -0.39 is 23.2 Å². The van der Waals surface area contributed by atoms with Crippen LogP contribution >= 0.6 is 0 Å². The fraction of sp³-hybridized carbons (Fsp3) is 0.393. The zero-order valence-electron chi connectivity index (χ0n) is 22.3. The number of halogens is 3. The highest BCUT2D eigenvalue weighted by atomic mass is 19.4. The zero-order chi connectivity index (χ0) is 29.1. The highest BCUT2D eigenvalue weighted by Crippen LogP contribution is 2.38. The number of methoxy groups -OCH3 is 1. The first kappa shape index (κ1) is 27.9. The minimum Gasteiger partial charge on any atom is -0.497 e. The van der Waals surface area contributed by atoms with E-state index in [4.69, 9.17) is 10.00 Å². The van der Waals surface area contributed by atoms with Gasteiger partial charge in [-0.25, -0.2) is 14.5 Å². The Balaban J connectivity index is 1.27. The molecular formula is C28H28F3N7O3. The molecule has 1 saturated heterocycles. The number of piperazine rings is 1. The molecule has 1 fully saturated rings. The van der Waals surface area contributed by atoms with Gasteiger partial charge in [0.25, 0.3) is 5.56 Å². The first-order valence-corrected chi connectivity index (χ1v) is 13.2. The first-order valence-electron chi connectivity index (χ1n) is 13.2. The van der Waals surface area contributed by atoms with Crippen molar-refractivity contribution in [2.45, 2.75) is 31.5 Å². The van der Waals surface area contributed by atoms with Crippen molar-refractivity contribution in [2.75, 3.05) is 44.7 Å². The number of benzene rings is 1. The number of carbonyl (C=O) groups is 1. The molecule has 3 heterocycles. The van der Waals surface area contributed by atoms with Gasteiger partial charge in [-0.3, -0.25) is 4.79 Å². The monoisotopic (exact) mass is 567 g/mol. The molecule has 214 valence electrons. The number of hydrogen-bond donors (Lipinski definition) is 1. The molecule has 13 heteroatoms. The van der Waals surface area contributed by atoms with E-state index in [2.05, 4.69) is 15.4 Å². The second-order valence-corrected chi connectivity index (χ2v) is 9.96. The van der Waals surface area contributed by atoms with Crippen molar-refractivity contribution < 1.29 is 22.7 Å². The number of hydrogen-bond acceptors (Lipinski definition) is 7. The van der Waals surface area contributed by atoms with Crippen LogP contribution in [0.1, 0.15) is 40.3 Å². The average molecular weight is 568 g/mol. The third-order valence-corrected chi connectivity index (χ3v) is 7.46. The number of amides is 2. The summed E-state index contributed by atoms with van der Waals surface area (Å²) in [5.74, 6) is 0.850. The number of pyridine rings is 1. The summed E-state index contributed by atoms with van der Waals surface area (Å²) in [4.78, 5) is 33.8. The maximum atomic E-state index is 14.0. The van der Waals surface area contributed by atoms with E-state index in [-0.39, 0.29) is 36.8 Å². The quantitative estimate of drug-likeness (QED) is 0.487. The minimum absolute atomic E-state index is 0.0621. The van der Waals surface area contributed by atoms with Crippen molar-refractivity contribution in [2.24, 2.45) is 0 Å². The summed E-state index contributed by atoms with van der Waals surface area (Å²) in [5, 5.41) is 16.2. The summed E-state index contributed by atoms with van der Waals surface area (Å²) < 4.78 is 48.1. The van der Waals surface area contributed by atoms with Crippen LogP contribution in [0.2, 0.25) is 0 Å². The second kappa shape index (κ2) is 11.5. The van der Waals surface area contributed by atoms with Crippen molar-refractivity contribution in [1.29, 1.82) is 5.26 Å². The number of nitrogens with one attached hydrogen (secondary N) is 1. The fourth-order valence-electron chi connectivity index (χ4n) is 5.26. The van der Waals surface area contributed by atoms with Crippen molar-refractivity contribution in [3.63, 3.8) is 0 Å². The van der Waals surface area contributed by atoms with Crippen molar-refractivity contribution in [3.05, 3.63) is 80.9 Å². The van der Waals surface area contributed by atoms with E-state index in [1.165, 1.54) is 13.3 Å². The molecule has 2 aromatic heterocycles. The molecule has 0 radical (unpaired) electrons. The number of aromatic nitrogens is 3. The molecule has 1 aliphatic heterocycles. The molecule has 10 nitrogen and oxygen atoms in total. The lowest BCUT2D eigenvalue weighted by Crippen LogP contribution is -2.52. The SMILES string of the molecule is COc1ccc(Cn2nc3c(c(C(F)(F)F)c2=O)CCC3CNC(=O)N2CCN(c3ccc(C#N)cn3)CC2)cc1. The smallest absolute Gasteiger partial charge is 0.422 e. The average Bonchev–Trinajstić information content (AvgIpc) is 3.37. The van der Waals surface area contributed by atoms with Gasteiger partial charge in [-0.05, 0) is 48.2 Å². The Morgan fingerprint density at radius 3 is 2.49 bits per heavy atom. The van der Waals surface area contributed by atoms with Crippen LogP contribution in [0.25, 0.3) is 0 Å². The molecule has 0 spiro atoms. The van der Waals surface area contributed by atoms with Gasteiger partial charge in [0.2, 0.25) is 0 Å². The topological polar surface area (TPSA) is 116 Å². The van der Waals surface area contributed by atoms with Crippen LogP contribution in [0.5, 0.6) is 5.75 Å². The maximum absolute atomic E-state index is 14.0. The first-order chi connectivity index (χ1) is 19.7.